The molecule has 5 rings (SSSR count). The van der Waals surface area contributed by atoms with E-state index in [1.54, 1.807) is 6.20 Å². The number of ether oxygens (including phenoxy) is 1. The maximum Gasteiger partial charge on any atom is 0.229 e. The van der Waals surface area contributed by atoms with E-state index >= 15 is 0 Å². The molecule has 1 aliphatic rings. The third-order valence-corrected chi connectivity index (χ3v) is 6.54. The summed E-state index contributed by atoms with van der Waals surface area (Å²) in [5.41, 5.74) is 4.56. The van der Waals surface area contributed by atoms with Crippen LogP contribution in [0.3, 0.4) is 0 Å². The molecule has 0 saturated carbocycles. The molecular formula is C29H32N6O. The van der Waals surface area contributed by atoms with Crippen molar-refractivity contribution in [3.8, 4) is 5.88 Å². The van der Waals surface area contributed by atoms with Gasteiger partial charge in [-0.2, -0.15) is 4.98 Å². The van der Waals surface area contributed by atoms with Crippen molar-refractivity contribution in [3.63, 3.8) is 0 Å². The van der Waals surface area contributed by atoms with Gasteiger partial charge in [0.2, 0.25) is 11.8 Å². The minimum Gasteiger partial charge on any atom is -0.473 e. The van der Waals surface area contributed by atoms with Crippen molar-refractivity contribution in [1.29, 1.82) is 0 Å². The van der Waals surface area contributed by atoms with E-state index in [1.165, 1.54) is 5.56 Å². The van der Waals surface area contributed by atoms with Gasteiger partial charge in [0.25, 0.3) is 0 Å². The molecule has 0 spiro atoms. The summed E-state index contributed by atoms with van der Waals surface area (Å²) in [4.78, 5) is 18.0. The third-order valence-electron chi connectivity index (χ3n) is 6.54. The van der Waals surface area contributed by atoms with E-state index in [0.29, 0.717) is 24.5 Å². The second-order valence-electron chi connectivity index (χ2n) is 9.03. The molecule has 36 heavy (non-hydrogen) atoms. The van der Waals surface area contributed by atoms with Gasteiger partial charge in [-0.05, 0) is 54.8 Å². The van der Waals surface area contributed by atoms with Crippen LogP contribution in [0, 0.1) is 0 Å². The first-order valence-electron chi connectivity index (χ1n) is 12.5. The highest BCUT2D eigenvalue weighted by Gasteiger charge is 2.24. The minimum atomic E-state index is 0.322. The Morgan fingerprint density at radius 1 is 0.889 bits per heavy atom. The van der Waals surface area contributed by atoms with E-state index in [1.807, 2.05) is 48.8 Å². The molecule has 0 bridgehead atoms. The summed E-state index contributed by atoms with van der Waals surface area (Å²) in [6, 6.07) is 25.0. The number of piperidine rings is 1. The number of hydrogen-bond donors (Lipinski definition) is 1. The molecule has 2 aromatic carbocycles. The van der Waals surface area contributed by atoms with Crippen molar-refractivity contribution >= 4 is 17.3 Å². The standard InChI is InChI=1S/C29H32N6O/c1-34(26-13-17-30-18-14-26)25-11-9-23(10-12-25)21-35(27-8-5-16-31-20-27)29-32-19-15-28(33-29)36-22-24-6-3-2-4-7-24/h2-4,6-7,9-15,17-19,27,31H,5,8,16,20-22H2,1H3/t27-/m0/s1. The van der Waals surface area contributed by atoms with Gasteiger partial charge in [-0.25, -0.2) is 4.98 Å². The van der Waals surface area contributed by atoms with Crippen LogP contribution >= 0.6 is 0 Å². The molecule has 1 saturated heterocycles. The molecule has 4 aromatic rings. The monoisotopic (exact) mass is 480 g/mol. The first-order valence-corrected chi connectivity index (χ1v) is 12.5. The van der Waals surface area contributed by atoms with Gasteiger partial charge in [0, 0.05) is 62.2 Å². The van der Waals surface area contributed by atoms with Crippen LogP contribution in [0.2, 0.25) is 0 Å². The Balaban J connectivity index is 1.33. The van der Waals surface area contributed by atoms with Crippen molar-refractivity contribution in [1.82, 2.24) is 20.3 Å². The molecule has 0 aliphatic carbocycles. The van der Waals surface area contributed by atoms with Gasteiger partial charge in [-0.15, -0.1) is 0 Å². The van der Waals surface area contributed by atoms with Gasteiger partial charge in [0.1, 0.15) is 6.61 Å². The lowest BCUT2D eigenvalue weighted by Gasteiger charge is -2.35. The molecule has 7 nitrogen and oxygen atoms in total. The van der Waals surface area contributed by atoms with Gasteiger partial charge in [0.05, 0.1) is 0 Å². The Kier molecular flexibility index (Phi) is 7.68. The van der Waals surface area contributed by atoms with Crippen LogP contribution < -0.4 is 19.9 Å². The van der Waals surface area contributed by atoms with E-state index in [4.69, 9.17) is 9.72 Å². The van der Waals surface area contributed by atoms with Gasteiger partial charge in [0.15, 0.2) is 0 Å². The molecular weight excluding hydrogens is 448 g/mol. The van der Waals surface area contributed by atoms with Crippen LogP contribution in [-0.2, 0) is 13.2 Å². The first-order chi connectivity index (χ1) is 17.8. The number of nitrogens with one attached hydrogen (secondary N) is 1. The van der Waals surface area contributed by atoms with Crippen LogP contribution in [0.4, 0.5) is 17.3 Å². The number of nitrogens with zero attached hydrogens (tertiary/aromatic N) is 5. The van der Waals surface area contributed by atoms with Crippen LogP contribution in [0.1, 0.15) is 24.0 Å². The number of hydrogen-bond acceptors (Lipinski definition) is 7. The molecule has 7 heteroatoms. The lowest BCUT2D eigenvalue weighted by Crippen LogP contribution is -2.46. The Morgan fingerprint density at radius 2 is 1.67 bits per heavy atom. The molecule has 0 radical (unpaired) electrons. The van der Waals surface area contributed by atoms with Crippen molar-refractivity contribution in [2.45, 2.75) is 32.0 Å². The second-order valence-corrected chi connectivity index (χ2v) is 9.03. The molecule has 1 aliphatic heterocycles. The average molecular weight is 481 g/mol. The molecule has 0 amide bonds. The fraction of sp³-hybridized carbons (Fsp3) is 0.276. The van der Waals surface area contributed by atoms with Gasteiger partial charge in [-0.1, -0.05) is 42.5 Å². The van der Waals surface area contributed by atoms with Crippen LogP contribution in [-0.4, -0.2) is 41.1 Å². The summed E-state index contributed by atoms with van der Waals surface area (Å²) in [5.74, 6) is 1.29. The van der Waals surface area contributed by atoms with Crippen LogP contribution in [0.15, 0.2) is 91.4 Å². The molecule has 1 atom stereocenters. The van der Waals surface area contributed by atoms with Crippen molar-refractivity contribution in [2.75, 3.05) is 29.9 Å². The van der Waals surface area contributed by atoms with E-state index < -0.39 is 0 Å². The van der Waals surface area contributed by atoms with E-state index in [-0.39, 0.29) is 0 Å². The molecule has 1 fully saturated rings. The summed E-state index contributed by atoms with van der Waals surface area (Å²) in [6.45, 7) is 3.19. The molecule has 1 N–H and O–H groups in total. The van der Waals surface area contributed by atoms with E-state index in [0.717, 1.165) is 49.4 Å². The molecule has 184 valence electrons. The van der Waals surface area contributed by atoms with Gasteiger partial charge < -0.3 is 19.9 Å². The van der Waals surface area contributed by atoms with Crippen molar-refractivity contribution < 1.29 is 4.74 Å². The number of pyridine rings is 1. The third kappa shape index (κ3) is 5.98. The Bertz CT molecular complexity index is 1210. The fourth-order valence-corrected chi connectivity index (χ4v) is 4.48. The normalized spacial score (nSPS) is 15.3. The smallest absolute Gasteiger partial charge is 0.229 e. The van der Waals surface area contributed by atoms with Crippen LogP contribution in [0.25, 0.3) is 0 Å². The Labute approximate surface area is 212 Å². The zero-order valence-electron chi connectivity index (χ0n) is 20.6. The molecule has 3 heterocycles. The summed E-state index contributed by atoms with van der Waals surface area (Å²) in [5, 5.41) is 3.53. The Morgan fingerprint density at radius 3 is 2.42 bits per heavy atom. The highest BCUT2D eigenvalue weighted by molar-refractivity contribution is 5.62. The van der Waals surface area contributed by atoms with E-state index in [9.17, 15) is 0 Å². The molecule has 0 unspecified atom stereocenters. The lowest BCUT2D eigenvalue weighted by atomic mass is 10.0. The first kappa shape index (κ1) is 23.8. The zero-order valence-corrected chi connectivity index (χ0v) is 20.6. The summed E-state index contributed by atoms with van der Waals surface area (Å²) < 4.78 is 6.00. The fourth-order valence-electron chi connectivity index (χ4n) is 4.48. The number of aromatic nitrogens is 3. The minimum absolute atomic E-state index is 0.322. The van der Waals surface area contributed by atoms with Crippen LogP contribution in [0.5, 0.6) is 5.88 Å². The maximum atomic E-state index is 6.00. The quantitative estimate of drug-likeness (QED) is 0.363. The van der Waals surface area contributed by atoms with Gasteiger partial charge in [-0.3, -0.25) is 4.98 Å². The number of rotatable bonds is 9. The maximum absolute atomic E-state index is 6.00. The van der Waals surface area contributed by atoms with Crippen molar-refractivity contribution in [3.05, 3.63) is 103 Å². The van der Waals surface area contributed by atoms with Crippen molar-refractivity contribution in [2.24, 2.45) is 0 Å². The topological polar surface area (TPSA) is 66.4 Å². The number of anilines is 3. The predicted molar refractivity (Wildman–Crippen MR) is 144 cm³/mol. The summed E-state index contributed by atoms with van der Waals surface area (Å²) in [7, 11) is 2.07. The van der Waals surface area contributed by atoms with Gasteiger partial charge >= 0.3 is 0 Å². The zero-order chi connectivity index (χ0) is 24.6. The Hall–Kier alpha value is -3.97. The average Bonchev–Trinajstić information content (AvgIpc) is 2.96. The largest absolute Gasteiger partial charge is 0.473 e. The summed E-state index contributed by atoms with van der Waals surface area (Å²) >= 11 is 0. The highest BCUT2D eigenvalue weighted by atomic mass is 16.5. The predicted octanol–water partition coefficient (Wildman–Crippen LogP) is 4.98. The second kappa shape index (κ2) is 11.6. The molecule has 2 aromatic heterocycles. The summed E-state index contributed by atoms with van der Waals surface area (Å²) in [6.07, 6.45) is 7.66. The SMILES string of the molecule is CN(c1ccncc1)c1ccc(CN(c2nccc(OCc3ccccc3)n2)[C@H]2CCCNC2)cc1. The van der Waals surface area contributed by atoms with E-state index in [2.05, 4.69) is 68.5 Å². The lowest BCUT2D eigenvalue weighted by molar-refractivity contribution is 0.293. The highest BCUT2D eigenvalue weighted by Crippen LogP contribution is 2.26. The number of benzene rings is 2.